The Balaban J connectivity index is 1.70. The number of nitrogens with one attached hydrogen (secondary N) is 1. The van der Waals surface area contributed by atoms with Gasteiger partial charge in [-0.1, -0.05) is 12.8 Å². The number of amides is 1. The molecular weight excluding hydrogens is 262 g/mol. The molecule has 1 N–H and O–H groups in total. The van der Waals surface area contributed by atoms with Crippen LogP contribution in [-0.4, -0.2) is 23.9 Å². The first-order valence-corrected chi connectivity index (χ1v) is 7.13. The first-order chi connectivity index (χ1) is 9.65. The quantitative estimate of drug-likeness (QED) is 0.899. The van der Waals surface area contributed by atoms with Gasteiger partial charge in [0.2, 0.25) is 5.91 Å². The fraction of sp³-hybridized carbons (Fsp3) is 0.533. The minimum atomic E-state index is -0.607. The molecule has 1 aliphatic carbocycles. The van der Waals surface area contributed by atoms with E-state index in [4.69, 9.17) is 0 Å². The second kappa shape index (κ2) is 5.48. The number of hydrogen-bond acceptors (Lipinski definition) is 2. The molecule has 1 amide bonds. The SMILES string of the molecule is O=C1CNC(c2ccc(F)cc2F)N1CCCC1CC1. The lowest BCUT2D eigenvalue weighted by Gasteiger charge is -2.25. The summed E-state index contributed by atoms with van der Waals surface area (Å²) in [6.45, 7) is 0.842. The molecule has 0 spiro atoms. The average Bonchev–Trinajstić information content (AvgIpc) is 3.16. The largest absolute Gasteiger partial charge is 0.322 e. The summed E-state index contributed by atoms with van der Waals surface area (Å²) >= 11 is 0. The van der Waals surface area contributed by atoms with Crippen molar-refractivity contribution in [2.75, 3.05) is 13.1 Å². The highest BCUT2D eigenvalue weighted by molar-refractivity contribution is 5.80. The molecule has 1 atom stereocenters. The smallest absolute Gasteiger partial charge is 0.238 e. The number of halogens is 2. The molecule has 2 fully saturated rings. The molecule has 20 heavy (non-hydrogen) atoms. The summed E-state index contributed by atoms with van der Waals surface area (Å²) in [7, 11) is 0. The zero-order valence-corrected chi connectivity index (χ0v) is 11.2. The van der Waals surface area contributed by atoms with Gasteiger partial charge < -0.3 is 4.90 Å². The second-order valence-electron chi connectivity index (χ2n) is 5.62. The third-order valence-corrected chi connectivity index (χ3v) is 4.04. The Morgan fingerprint density at radius 3 is 2.80 bits per heavy atom. The van der Waals surface area contributed by atoms with Crippen molar-refractivity contribution in [2.24, 2.45) is 5.92 Å². The van der Waals surface area contributed by atoms with Crippen molar-refractivity contribution in [3.8, 4) is 0 Å². The van der Waals surface area contributed by atoms with Gasteiger partial charge >= 0.3 is 0 Å². The summed E-state index contributed by atoms with van der Waals surface area (Å²) in [5.74, 6) is -0.406. The molecule has 5 heteroatoms. The standard InChI is InChI=1S/C15H18F2N2O/c16-11-5-6-12(13(17)8-11)15-18-9-14(20)19(15)7-1-2-10-3-4-10/h5-6,8,10,15,18H,1-4,7,9H2. The van der Waals surface area contributed by atoms with Gasteiger partial charge in [0.15, 0.2) is 0 Å². The van der Waals surface area contributed by atoms with E-state index in [-0.39, 0.29) is 12.5 Å². The summed E-state index contributed by atoms with van der Waals surface area (Å²) in [6, 6.07) is 3.50. The molecule has 3 rings (SSSR count). The van der Waals surface area contributed by atoms with Crippen molar-refractivity contribution in [3.05, 3.63) is 35.4 Å². The van der Waals surface area contributed by atoms with Crippen LogP contribution >= 0.6 is 0 Å². The lowest BCUT2D eigenvalue weighted by atomic mass is 10.1. The van der Waals surface area contributed by atoms with Crippen molar-refractivity contribution in [3.63, 3.8) is 0 Å². The molecular formula is C15H18F2N2O. The molecule has 0 bridgehead atoms. The highest BCUT2D eigenvalue weighted by atomic mass is 19.1. The van der Waals surface area contributed by atoms with Crippen molar-refractivity contribution in [2.45, 2.75) is 31.8 Å². The zero-order chi connectivity index (χ0) is 14.1. The lowest BCUT2D eigenvalue weighted by molar-refractivity contribution is -0.128. The highest BCUT2D eigenvalue weighted by Gasteiger charge is 2.33. The maximum atomic E-state index is 13.8. The molecule has 1 aliphatic heterocycles. The predicted molar refractivity (Wildman–Crippen MR) is 70.8 cm³/mol. The van der Waals surface area contributed by atoms with E-state index in [1.54, 1.807) is 4.90 Å². The highest BCUT2D eigenvalue weighted by Crippen LogP contribution is 2.34. The van der Waals surface area contributed by atoms with E-state index < -0.39 is 17.8 Å². The number of hydrogen-bond donors (Lipinski definition) is 1. The molecule has 1 heterocycles. The number of carbonyl (C=O) groups is 1. The first-order valence-electron chi connectivity index (χ1n) is 7.13. The third kappa shape index (κ3) is 2.82. The molecule has 0 radical (unpaired) electrons. The Morgan fingerprint density at radius 2 is 2.10 bits per heavy atom. The Bertz CT molecular complexity index is 517. The third-order valence-electron chi connectivity index (χ3n) is 4.04. The van der Waals surface area contributed by atoms with Crippen molar-refractivity contribution >= 4 is 5.91 Å². The van der Waals surface area contributed by atoms with Gasteiger partial charge in [-0.3, -0.25) is 10.1 Å². The van der Waals surface area contributed by atoms with E-state index in [9.17, 15) is 13.6 Å². The Morgan fingerprint density at radius 1 is 1.30 bits per heavy atom. The molecule has 1 saturated carbocycles. The van der Waals surface area contributed by atoms with E-state index >= 15 is 0 Å². The first kappa shape index (κ1) is 13.5. The molecule has 2 aliphatic rings. The van der Waals surface area contributed by atoms with Gasteiger partial charge in [-0.25, -0.2) is 8.78 Å². The summed E-state index contributed by atoms with van der Waals surface area (Å²) in [5.41, 5.74) is 0.337. The van der Waals surface area contributed by atoms with Crippen LogP contribution < -0.4 is 5.32 Å². The van der Waals surface area contributed by atoms with E-state index in [0.717, 1.165) is 24.8 Å². The van der Waals surface area contributed by atoms with Crippen LogP contribution in [0.1, 0.15) is 37.4 Å². The van der Waals surface area contributed by atoms with Crippen molar-refractivity contribution in [1.82, 2.24) is 10.2 Å². The summed E-state index contributed by atoms with van der Waals surface area (Å²) in [4.78, 5) is 13.6. The Hall–Kier alpha value is -1.49. The van der Waals surface area contributed by atoms with Crippen LogP contribution in [0, 0.1) is 17.6 Å². The van der Waals surface area contributed by atoms with Gasteiger partial charge in [0.05, 0.1) is 6.54 Å². The van der Waals surface area contributed by atoms with Crippen LogP contribution in [0.15, 0.2) is 18.2 Å². The maximum absolute atomic E-state index is 13.8. The summed E-state index contributed by atoms with van der Waals surface area (Å²) in [6.07, 6.45) is 4.19. The van der Waals surface area contributed by atoms with Gasteiger partial charge in [0.1, 0.15) is 17.8 Å². The van der Waals surface area contributed by atoms with Gasteiger partial charge in [-0.15, -0.1) is 0 Å². The van der Waals surface area contributed by atoms with E-state index in [1.165, 1.54) is 25.0 Å². The Labute approximate surface area is 117 Å². The van der Waals surface area contributed by atoms with Crippen molar-refractivity contribution in [1.29, 1.82) is 0 Å². The Kier molecular flexibility index (Phi) is 3.70. The average molecular weight is 280 g/mol. The van der Waals surface area contributed by atoms with Gasteiger partial charge in [0.25, 0.3) is 0 Å². The topological polar surface area (TPSA) is 32.3 Å². The van der Waals surface area contributed by atoms with Crippen LogP contribution in [0.5, 0.6) is 0 Å². The van der Waals surface area contributed by atoms with E-state index in [1.807, 2.05) is 0 Å². The van der Waals surface area contributed by atoms with Crippen molar-refractivity contribution < 1.29 is 13.6 Å². The zero-order valence-electron chi connectivity index (χ0n) is 11.2. The monoisotopic (exact) mass is 280 g/mol. The molecule has 1 aromatic carbocycles. The fourth-order valence-corrected chi connectivity index (χ4v) is 2.75. The molecule has 1 unspecified atom stereocenters. The number of nitrogens with zero attached hydrogens (tertiary/aromatic N) is 1. The van der Waals surface area contributed by atoms with Crippen LogP contribution in [0.25, 0.3) is 0 Å². The summed E-state index contributed by atoms with van der Waals surface area (Å²) < 4.78 is 26.8. The number of rotatable bonds is 5. The predicted octanol–water partition coefficient (Wildman–Crippen LogP) is 2.59. The van der Waals surface area contributed by atoms with Crippen LogP contribution in [0.2, 0.25) is 0 Å². The van der Waals surface area contributed by atoms with E-state index in [2.05, 4.69) is 5.32 Å². The van der Waals surface area contributed by atoms with Gasteiger partial charge in [-0.05, 0) is 30.9 Å². The molecule has 0 aromatic heterocycles. The minimum Gasteiger partial charge on any atom is -0.322 e. The lowest BCUT2D eigenvalue weighted by Crippen LogP contribution is -2.32. The van der Waals surface area contributed by atoms with Crippen LogP contribution in [0.3, 0.4) is 0 Å². The van der Waals surface area contributed by atoms with Gasteiger partial charge in [0, 0.05) is 18.2 Å². The van der Waals surface area contributed by atoms with E-state index in [0.29, 0.717) is 12.1 Å². The molecule has 108 valence electrons. The summed E-state index contributed by atoms with van der Waals surface area (Å²) in [5, 5.41) is 3.00. The molecule has 3 nitrogen and oxygen atoms in total. The van der Waals surface area contributed by atoms with Crippen LogP contribution in [-0.2, 0) is 4.79 Å². The molecule has 1 saturated heterocycles. The van der Waals surface area contributed by atoms with Gasteiger partial charge in [-0.2, -0.15) is 0 Å². The maximum Gasteiger partial charge on any atom is 0.238 e. The molecule has 1 aromatic rings. The van der Waals surface area contributed by atoms with Crippen LogP contribution in [0.4, 0.5) is 8.78 Å². The normalized spacial score (nSPS) is 22.6. The second-order valence-corrected chi connectivity index (χ2v) is 5.62. The fourth-order valence-electron chi connectivity index (χ4n) is 2.75. The number of carbonyl (C=O) groups excluding carboxylic acids is 1. The minimum absolute atomic E-state index is 0.0190. The number of benzene rings is 1.